The number of carbonyl (C=O) groups is 2. The molecule has 2 fully saturated rings. The number of benzene rings is 2. The Morgan fingerprint density at radius 1 is 1.03 bits per heavy atom. The van der Waals surface area contributed by atoms with Crippen LogP contribution in [-0.4, -0.2) is 52.6 Å². The van der Waals surface area contributed by atoms with Gasteiger partial charge in [0.25, 0.3) is 5.91 Å². The summed E-state index contributed by atoms with van der Waals surface area (Å²) in [6, 6.07) is 19.9. The van der Waals surface area contributed by atoms with Gasteiger partial charge in [0.05, 0.1) is 18.1 Å². The molecule has 3 heterocycles. The van der Waals surface area contributed by atoms with E-state index in [1.54, 1.807) is 0 Å². The van der Waals surface area contributed by atoms with Gasteiger partial charge in [0.2, 0.25) is 5.91 Å². The molecular formula is C27H31N3O3. The maximum Gasteiger partial charge on any atom is 0.268 e. The number of hydrogen-bond donors (Lipinski definition) is 1. The number of para-hydroxylation sites is 1. The number of amides is 2. The maximum absolute atomic E-state index is 12.8. The molecule has 0 aliphatic carbocycles. The third-order valence-electron chi connectivity index (χ3n) is 7.24. The summed E-state index contributed by atoms with van der Waals surface area (Å²) in [6.45, 7) is 1.99. The van der Waals surface area contributed by atoms with Crippen LogP contribution in [0.4, 0.5) is 0 Å². The van der Waals surface area contributed by atoms with Crippen molar-refractivity contribution >= 4 is 22.7 Å². The molecule has 0 bridgehead atoms. The fourth-order valence-electron chi connectivity index (χ4n) is 5.26. The average Bonchev–Trinajstić information content (AvgIpc) is 3.39. The predicted molar refractivity (Wildman–Crippen MR) is 128 cm³/mol. The van der Waals surface area contributed by atoms with Gasteiger partial charge in [-0.2, -0.15) is 0 Å². The topological polar surface area (TPSA) is 63.6 Å². The Labute approximate surface area is 194 Å². The molecule has 2 amide bonds. The summed E-state index contributed by atoms with van der Waals surface area (Å²) >= 11 is 0. The van der Waals surface area contributed by atoms with Gasteiger partial charge in [0.1, 0.15) is 5.69 Å². The van der Waals surface area contributed by atoms with Gasteiger partial charge < -0.3 is 19.5 Å². The van der Waals surface area contributed by atoms with E-state index in [9.17, 15) is 9.59 Å². The molecule has 3 aromatic rings. The molecule has 2 saturated heterocycles. The van der Waals surface area contributed by atoms with Crippen molar-refractivity contribution in [1.29, 1.82) is 0 Å². The van der Waals surface area contributed by atoms with Crippen molar-refractivity contribution in [3.05, 3.63) is 71.9 Å². The van der Waals surface area contributed by atoms with Gasteiger partial charge in [0, 0.05) is 37.6 Å². The van der Waals surface area contributed by atoms with Crippen LogP contribution in [0.1, 0.15) is 41.7 Å². The number of likely N-dealkylation sites (tertiary alicyclic amines) is 1. The Kier molecular flexibility index (Phi) is 5.94. The molecular weight excluding hydrogens is 414 g/mol. The van der Waals surface area contributed by atoms with E-state index < -0.39 is 0 Å². The van der Waals surface area contributed by atoms with Crippen LogP contribution in [-0.2, 0) is 23.0 Å². The number of aryl methyl sites for hydroxylation is 1. The first kappa shape index (κ1) is 21.7. The standard InChI is InChI=1S/C27H31N3O3/c1-29-23-10-6-5-9-21(23)18-24(29)26(32)28-19-22-11-12-27(33-22)13-15-30(16-14-27)25(31)17-20-7-3-2-4-8-20/h2-10,18,22H,11-17,19H2,1H3,(H,28,32)/t22-/m1/s1. The molecule has 1 N–H and O–H groups in total. The number of nitrogens with one attached hydrogen (secondary N) is 1. The first-order valence-corrected chi connectivity index (χ1v) is 11.9. The van der Waals surface area contributed by atoms with Crippen molar-refractivity contribution in [3.8, 4) is 0 Å². The molecule has 0 radical (unpaired) electrons. The van der Waals surface area contributed by atoms with Crippen LogP contribution in [0.2, 0.25) is 0 Å². The minimum Gasteiger partial charge on any atom is -0.370 e. The quantitative estimate of drug-likeness (QED) is 0.652. The Bertz CT molecular complexity index is 1150. The van der Waals surface area contributed by atoms with E-state index in [1.807, 2.05) is 77.2 Å². The zero-order valence-electron chi connectivity index (χ0n) is 19.1. The number of rotatable bonds is 5. The van der Waals surface area contributed by atoms with Crippen molar-refractivity contribution in [3.63, 3.8) is 0 Å². The van der Waals surface area contributed by atoms with Crippen LogP contribution in [0.3, 0.4) is 0 Å². The van der Waals surface area contributed by atoms with Gasteiger partial charge in [-0.05, 0) is 43.4 Å². The normalized spacial score (nSPS) is 19.8. The van der Waals surface area contributed by atoms with E-state index in [-0.39, 0.29) is 23.5 Å². The van der Waals surface area contributed by atoms with E-state index in [2.05, 4.69) is 5.32 Å². The maximum atomic E-state index is 12.8. The predicted octanol–water partition coefficient (Wildman–Crippen LogP) is 3.69. The first-order chi connectivity index (χ1) is 16.0. The van der Waals surface area contributed by atoms with Crippen molar-refractivity contribution in [2.75, 3.05) is 19.6 Å². The van der Waals surface area contributed by atoms with Crippen LogP contribution < -0.4 is 5.32 Å². The lowest BCUT2D eigenvalue weighted by molar-refractivity contribution is -0.136. The lowest BCUT2D eigenvalue weighted by Gasteiger charge is -2.39. The summed E-state index contributed by atoms with van der Waals surface area (Å²) in [5.74, 6) is 0.118. The molecule has 33 heavy (non-hydrogen) atoms. The summed E-state index contributed by atoms with van der Waals surface area (Å²) in [5, 5.41) is 4.13. The van der Waals surface area contributed by atoms with Gasteiger partial charge in [0.15, 0.2) is 0 Å². The summed E-state index contributed by atoms with van der Waals surface area (Å²) < 4.78 is 8.39. The van der Waals surface area contributed by atoms with Gasteiger partial charge in [-0.3, -0.25) is 9.59 Å². The number of aromatic nitrogens is 1. The largest absolute Gasteiger partial charge is 0.370 e. The van der Waals surface area contributed by atoms with E-state index in [0.29, 0.717) is 18.7 Å². The fraction of sp³-hybridized carbons (Fsp3) is 0.407. The van der Waals surface area contributed by atoms with Crippen molar-refractivity contribution in [2.45, 2.75) is 43.8 Å². The molecule has 1 atom stereocenters. The Morgan fingerprint density at radius 3 is 2.52 bits per heavy atom. The molecule has 172 valence electrons. The lowest BCUT2D eigenvalue weighted by atomic mass is 9.88. The molecule has 1 spiro atoms. The van der Waals surface area contributed by atoms with Gasteiger partial charge in [-0.15, -0.1) is 0 Å². The molecule has 6 heteroatoms. The Hall–Kier alpha value is -3.12. The number of hydrogen-bond acceptors (Lipinski definition) is 3. The van der Waals surface area contributed by atoms with Crippen LogP contribution in [0.15, 0.2) is 60.7 Å². The highest BCUT2D eigenvalue weighted by molar-refractivity contribution is 5.98. The van der Waals surface area contributed by atoms with Crippen LogP contribution in [0.25, 0.3) is 10.9 Å². The zero-order chi connectivity index (χ0) is 22.8. The molecule has 0 unspecified atom stereocenters. The molecule has 1 aromatic heterocycles. The van der Waals surface area contributed by atoms with E-state index in [1.165, 1.54) is 0 Å². The molecule has 2 aliphatic heterocycles. The van der Waals surface area contributed by atoms with Gasteiger partial charge in [-0.25, -0.2) is 0 Å². The smallest absolute Gasteiger partial charge is 0.268 e. The minimum absolute atomic E-state index is 0.0233. The van der Waals surface area contributed by atoms with Crippen LogP contribution >= 0.6 is 0 Å². The highest BCUT2D eigenvalue weighted by atomic mass is 16.5. The number of nitrogens with zero attached hydrogens (tertiary/aromatic N) is 2. The Balaban J connectivity index is 1.12. The molecule has 5 rings (SSSR count). The van der Waals surface area contributed by atoms with E-state index in [0.717, 1.165) is 55.2 Å². The van der Waals surface area contributed by atoms with Crippen LogP contribution in [0.5, 0.6) is 0 Å². The van der Waals surface area contributed by atoms with Crippen molar-refractivity contribution in [2.24, 2.45) is 7.05 Å². The fourth-order valence-corrected chi connectivity index (χ4v) is 5.26. The monoisotopic (exact) mass is 445 g/mol. The van der Waals surface area contributed by atoms with E-state index >= 15 is 0 Å². The van der Waals surface area contributed by atoms with E-state index in [4.69, 9.17) is 4.74 Å². The van der Waals surface area contributed by atoms with Gasteiger partial charge in [-0.1, -0.05) is 48.5 Å². The second-order valence-electron chi connectivity index (χ2n) is 9.36. The first-order valence-electron chi connectivity index (χ1n) is 11.9. The summed E-state index contributed by atoms with van der Waals surface area (Å²) in [4.78, 5) is 27.4. The highest BCUT2D eigenvalue weighted by Crippen LogP contribution is 2.38. The third kappa shape index (κ3) is 4.53. The number of fused-ring (bicyclic) bond motifs is 1. The van der Waals surface area contributed by atoms with Crippen molar-refractivity contribution in [1.82, 2.24) is 14.8 Å². The summed E-state index contributed by atoms with van der Waals surface area (Å²) in [5.41, 5.74) is 2.61. The van der Waals surface area contributed by atoms with Crippen LogP contribution in [0, 0.1) is 0 Å². The van der Waals surface area contributed by atoms with Gasteiger partial charge >= 0.3 is 0 Å². The zero-order valence-corrected chi connectivity index (χ0v) is 19.1. The highest BCUT2D eigenvalue weighted by Gasteiger charge is 2.43. The van der Waals surface area contributed by atoms with Crippen molar-refractivity contribution < 1.29 is 14.3 Å². The molecule has 6 nitrogen and oxygen atoms in total. The second-order valence-corrected chi connectivity index (χ2v) is 9.36. The summed E-state index contributed by atoms with van der Waals surface area (Å²) in [6.07, 6.45) is 4.13. The second kappa shape index (κ2) is 9.02. The molecule has 2 aromatic carbocycles. The average molecular weight is 446 g/mol. The number of ether oxygens (including phenoxy) is 1. The third-order valence-corrected chi connectivity index (χ3v) is 7.24. The minimum atomic E-state index is -0.154. The Morgan fingerprint density at radius 2 is 1.76 bits per heavy atom. The lowest BCUT2D eigenvalue weighted by Crippen LogP contribution is -2.47. The molecule has 2 aliphatic rings. The summed E-state index contributed by atoms with van der Waals surface area (Å²) in [7, 11) is 1.92. The number of carbonyl (C=O) groups excluding carboxylic acids is 2. The molecule has 0 saturated carbocycles. The number of piperidine rings is 1. The SMILES string of the molecule is Cn1c(C(=O)NC[C@H]2CCC3(CCN(C(=O)Cc4ccccc4)CC3)O2)cc2ccccc21.